The van der Waals surface area contributed by atoms with Crippen LogP contribution < -0.4 is 5.32 Å². The number of methoxy groups -OCH3 is 1. The summed E-state index contributed by atoms with van der Waals surface area (Å²) in [4.78, 5) is 14.4. The third kappa shape index (κ3) is 2.00. The van der Waals surface area contributed by atoms with Crippen molar-refractivity contribution in [1.29, 1.82) is 0 Å². The molecule has 0 spiro atoms. The van der Waals surface area contributed by atoms with E-state index in [9.17, 15) is 4.79 Å². The van der Waals surface area contributed by atoms with Crippen LogP contribution in [0.3, 0.4) is 0 Å². The molecule has 2 N–H and O–H groups in total. The van der Waals surface area contributed by atoms with Crippen molar-refractivity contribution in [3.05, 3.63) is 41.1 Å². The summed E-state index contributed by atoms with van der Waals surface area (Å²) >= 11 is 0. The highest BCUT2D eigenvalue weighted by Gasteiger charge is 2.17. The highest BCUT2D eigenvalue weighted by molar-refractivity contribution is 5.95. The number of aryl methyl sites for hydroxylation is 1. The van der Waals surface area contributed by atoms with Crippen molar-refractivity contribution < 1.29 is 9.53 Å². The maximum atomic E-state index is 11.2. The molecule has 0 radical (unpaired) electrons. The van der Waals surface area contributed by atoms with Crippen molar-refractivity contribution >= 4 is 12.0 Å². The lowest BCUT2D eigenvalue weighted by Gasteiger charge is -2.02. The molecule has 4 nitrogen and oxygen atoms in total. The van der Waals surface area contributed by atoms with Crippen LogP contribution in [-0.2, 0) is 16.0 Å². The number of hydrogen-bond donors (Lipinski definition) is 2. The molecular formula is C12H14N2O2. The molecule has 84 valence electrons. The van der Waals surface area contributed by atoms with Crippen LogP contribution in [0.4, 0.5) is 0 Å². The van der Waals surface area contributed by atoms with Crippen LogP contribution in [0.5, 0.6) is 0 Å². The molecule has 1 aliphatic rings. The normalized spacial score (nSPS) is 17.5. The lowest BCUT2D eigenvalue weighted by Crippen LogP contribution is -2.13. The molecule has 0 unspecified atom stereocenters. The minimum absolute atomic E-state index is 0.148. The SMILES string of the molecule is CCc1ccc(/C=C2\NC(=O)C=C2OC)[nH]1. The molecular weight excluding hydrogens is 204 g/mol. The van der Waals surface area contributed by atoms with Crippen LogP contribution in [0.1, 0.15) is 18.3 Å². The highest BCUT2D eigenvalue weighted by Crippen LogP contribution is 2.17. The molecule has 0 aliphatic carbocycles. The van der Waals surface area contributed by atoms with E-state index in [4.69, 9.17) is 4.74 Å². The summed E-state index contributed by atoms with van der Waals surface area (Å²) in [5.41, 5.74) is 2.81. The third-order valence-electron chi connectivity index (χ3n) is 2.46. The second-order valence-corrected chi connectivity index (χ2v) is 3.55. The van der Waals surface area contributed by atoms with Crippen LogP contribution >= 0.6 is 0 Å². The number of aromatic amines is 1. The number of H-pyrrole nitrogens is 1. The maximum Gasteiger partial charge on any atom is 0.252 e. The van der Waals surface area contributed by atoms with E-state index in [1.807, 2.05) is 18.2 Å². The van der Waals surface area contributed by atoms with E-state index in [0.717, 1.165) is 12.1 Å². The number of rotatable bonds is 3. The van der Waals surface area contributed by atoms with Gasteiger partial charge >= 0.3 is 0 Å². The average Bonchev–Trinajstić information content (AvgIpc) is 2.85. The fourth-order valence-corrected chi connectivity index (χ4v) is 1.61. The standard InChI is InChI=1S/C12H14N2O2/c1-3-8-4-5-9(13-8)6-10-11(16-2)7-12(15)14-10/h4-7,13H,3H2,1-2H3,(H,14,15)/b10-6-. The molecule has 16 heavy (non-hydrogen) atoms. The summed E-state index contributed by atoms with van der Waals surface area (Å²) in [6.07, 6.45) is 4.26. The van der Waals surface area contributed by atoms with Crippen molar-refractivity contribution in [2.75, 3.05) is 7.11 Å². The predicted octanol–water partition coefficient (Wildman–Crippen LogP) is 1.58. The summed E-state index contributed by atoms with van der Waals surface area (Å²) in [5, 5.41) is 2.72. The maximum absolute atomic E-state index is 11.2. The lowest BCUT2D eigenvalue weighted by molar-refractivity contribution is -0.115. The second kappa shape index (κ2) is 4.26. The number of carbonyl (C=O) groups excluding carboxylic acids is 1. The topological polar surface area (TPSA) is 54.1 Å². The van der Waals surface area contributed by atoms with Gasteiger partial charge in [0, 0.05) is 17.5 Å². The zero-order chi connectivity index (χ0) is 11.5. The minimum atomic E-state index is -0.148. The molecule has 1 aliphatic heterocycles. The van der Waals surface area contributed by atoms with E-state index < -0.39 is 0 Å². The van der Waals surface area contributed by atoms with Gasteiger partial charge in [-0.25, -0.2) is 0 Å². The van der Waals surface area contributed by atoms with Gasteiger partial charge in [-0.15, -0.1) is 0 Å². The minimum Gasteiger partial charge on any atom is -0.494 e. The number of nitrogens with one attached hydrogen (secondary N) is 2. The molecule has 0 bridgehead atoms. The van der Waals surface area contributed by atoms with Gasteiger partial charge in [0.1, 0.15) is 5.76 Å². The van der Waals surface area contributed by atoms with E-state index in [2.05, 4.69) is 17.2 Å². The summed E-state index contributed by atoms with van der Waals surface area (Å²) in [7, 11) is 1.55. The fourth-order valence-electron chi connectivity index (χ4n) is 1.61. The first-order valence-electron chi connectivity index (χ1n) is 5.19. The monoisotopic (exact) mass is 218 g/mol. The van der Waals surface area contributed by atoms with E-state index in [-0.39, 0.29) is 5.91 Å². The Morgan fingerprint density at radius 2 is 2.25 bits per heavy atom. The van der Waals surface area contributed by atoms with Gasteiger partial charge in [0.05, 0.1) is 12.8 Å². The summed E-state index contributed by atoms with van der Waals surface area (Å²) in [5.74, 6) is 0.419. The summed E-state index contributed by atoms with van der Waals surface area (Å²) in [6, 6.07) is 4.00. The van der Waals surface area contributed by atoms with Gasteiger partial charge in [0.2, 0.25) is 0 Å². The van der Waals surface area contributed by atoms with Gasteiger partial charge in [0.25, 0.3) is 5.91 Å². The summed E-state index contributed by atoms with van der Waals surface area (Å²) < 4.78 is 5.10. The van der Waals surface area contributed by atoms with Crippen LogP contribution in [0.2, 0.25) is 0 Å². The molecule has 0 fully saturated rings. The zero-order valence-electron chi connectivity index (χ0n) is 9.33. The molecule has 2 heterocycles. The first-order valence-corrected chi connectivity index (χ1v) is 5.19. The van der Waals surface area contributed by atoms with E-state index >= 15 is 0 Å². The highest BCUT2D eigenvalue weighted by atomic mass is 16.5. The largest absolute Gasteiger partial charge is 0.494 e. The van der Waals surface area contributed by atoms with Crippen molar-refractivity contribution in [2.24, 2.45) is 0 Å². The summed E-state index contributed by atoms with van der Waals surface area (Å²) in [6.45, 7) is 2.08. The third-order valence-corrected chi connectivity index (χ3v) is 2.46. The Kier molecular flexibility index (Phi) is 2.81. The average molecular weight is 218 g/mol. The molecule has 0 saturated carbocycles. The van der Waals surface area contributed by atoms with Crippen LogP contribution in [0.25, 0.3) is 6.08 Å². The van der Waals surface area contributed by atoms with Gasteiger partial charge in [-0.2, -0.15) is 0 Å². The van der Waals surface area contributed by atoms with Gasteiger partial charge in [0.15, 0.2) is 0 Å². The first kappa shape index (κ1) is 10.5. The van der Waals surface area contributed by atoms with E-state index in [1.54, 1.807) is 7.11 Å². The van der Waals surface area contributed by atoms with Crippen LogP contribution in [0.15, 0.2) is 29.7 Å². The number of carbonyl (C=O) groups is 1. The molecule has 1 aromatic heterocycles. The molecule has 4 heteroatoms. The molecule has 1 amide bonds. The number of amides is 1. The first-order chi connectivity index (χ1) is 7.72. The Balaban J connectivity index is 2.24. The number of aromatic nitrogens is 1. The Morgan fingerprint density at radius 3 is 2.88 bits per heavy atom. The molecule has 0 aromatic carbocycles. The predicted molar refractivity (Wildman–Crippen MR) is 61.4 cm³/mol. The van der Waals surface area contributed by atoms with Gasteiger partial charge < -0.3 is 15.0 Å². The Bertz CT molecular complexity index is 469. The van der Waals surface area contributed by atoms with E-state index in [0.29, 0.717) is 11.5 Å². The molecule has 0 saturated heterocycles. The van der Waals surface area contributed by atoms with Crippen molar-refractivity contribution in [1.82, 2.24) is 10.3 Å². The van der Waals surface area contributed by atoms with Crippen LogP contribution in [0, 0.1) is 0 Å². The Hall–Kier alpha value is -1.97. The quantitative estimate of drug-likeness (QED) is 0.809. The molecule has 1 aromatic rings. The fraction of sp³-hybridized carbons (Fsp3) is 0.250. The van der Waals surface area contributed by atoms with E-state index in [1.165, 1.54) is 11.8 Å². The van der Waals surface area contributed by atoms with Crippen molar-refractivity contribution in [3.63, 3.8) is 0 Å². The van der Waals surface area contributed by atoms with Gasteiger partial charge in [-0.3, -0.25) is 4.79 Å². The lowest BCUT2D eigenvalue weighted by atomic mass is 10.3. The zero-order valence-corrected chi connectivity index (χ0v) is 9.33. The Labute approximate surface area is 94.0 Å². The molecule has 2 rings (SSSR count). The van der Waals surface area contributed by atoms with Gasteiger partial charge in [-0.1, -0.05) is 6.92 Å². The van der Waals surface area contributed by atoms with Gasteiger partial charge in [-0.05, 0) is 24.6 Å². The number of ether oxygens (including phenoxy) is 1. The number of hydrogen-bond acceptors (Lipinski definition) is 2. The Morgan fingerprint density at radius 1 is 1.44 bits per heavy atom. The van der Waals surface area contributed by atoms with Crippen molar-refractivity contribution in [2.45, 2.75) is 13.3 Å². The smallest absolute Gasteiger partial charge is 0.252 e. The molecule has 0 atom stereocenters. The second-order valence-electron chi connectivity index (χ2n) is 3.55. The van der Waals surface area contributed by atoms with Crippen molar-refractivity contribution in [3.8, 4) is 0 Å². The van der Waals surface area contributed by atoms with Crippen LogP contribution in [-0.4, -0.2) is 18.0 Å².